The minimum absolute atomic E-state index is 0.205. The molecular formula is C10H19NO. The first kappa shape index (κ1) is 11.4. The van der Waals surface area contributed by atoms with Crippen LogP contribution in [-0.4, -0.2) is 17.9 Å². The molecule has 0 rings (SSSR count). The first-order chi connectivity index (χ1) is 5.40. The number of rotatable bonds is 5. The zero-order valence-corrected chi connectivity index (χ0v) is 8.53. The lowest BCUT2D eigenvalue weighted by Crippen LogP contribution is -2.46. The van der Waals surface area contributed by atoms with Gasteiger partial charge in [0, 0.05) is 6.42 Å². The average Bonchev–Trinajstić information content (AvgIpc) is 1.85. The van der Waals surface area contributed by atoms with E-state index in [1.54, 1.807) is 0 Å². The zero-order chi connectivity index (χ0) is 9.78. The molecular weight excluding hydrogens is 150 g/mol. The van der Waals surface area contributed by atoms with Crippen molar-refractivity contribution in [2.45, 2.75) is 39.7 Å². The van der Waals surface area contributed by atoms with Crippen LogP contribution in [0.5, 0.6) is 0 Å². The summed E-state index contributed by atoms with van der Waals surface area (Å²) in [7, 11) is 0. The Labute approximate surface area is 75.0 Å². The summed E-state index contributed by atoms with van der Waals surface area (Å²) in [6, 6.07) is 0. The van der Waals surface area contributed by atoms with Gasteiger partial charge in [0.05, 0.1) is 5.54 Å². The van der Waals surface area contributed by atoms with Crippen LogP contribution in [0.1, 0.15) is 34.1 Å². The number of likely N-dealkylation sites (N-methyl/N-ethyl adjacent to an activating group) is 1. The summed E-state index contributed by atoms with van der Waals surface area (Å²) in [5, 5.41) is 3.14. The maximum absolute atomic E-state index is 11.5. The van der Waals surface area contributed by atoms with Crippen LogP contribution in [-0.2, 0) is 4.79 Å². The van der Waals surface area contributed by atoms with Crippen molar-refractivity contribution in [3.8, 4) is 0 Å². The number of hydrogen-bond donors (Lipinski definition) is 1. The van der Waals surface area contributed by atoms with Gasteiger partial charge in [0.2, 0.25) is 0 Å². The van der Waals surface area contributed by atoms with Crippen molar-refractivity contribution >= 4 is 5.78 Å². The fourth-order valence-electron chi connectivity index (χ4n) is 1.04. The third kappa shape index (κ3) is 3.67. The summed E-state index contributed by atoms with van der Waals surface area (Å²) < 4.78 is 0. The molecule has 0 amide bonds. The van der Waals surface area contributed by atoms with E-state index in [9.17, 15) is 4.79 Å². The Balaban J connectivity index is 4.15. The number of nitrogens with one attached hydrogen (secondary N) is 1. The molecule has 0 spiro atoms. The quantitative estimate of drug-likeness (QED) is 0.637. The second kappa shape index (κ2) is 4.41. The van der Waals surface area contributed by atoms with Crippen molar-refractivity contribution in [3.05, 3.63) is 12.2 Å². The molecule has 0 aromatic rings. The molecule has 2 nitrogen and oxygen atoms in total. The normalized spacial score (nSPS) is 11.3. The van der Waals surface area contributed by atoms with Gasteiger partial charge < -0.3 is 5.32 Å². The molecule has 0 heterocycles. The largest absolute Gasteiger partial charge is 0.306 e. The Morgan fingerprint density at radius 1 is 1.50 bits per heavy atom. The van der Waals surface area contributed by atoms with Gasteiger partial charge in [-0.3, -0.25) is 4.79 Å². The predicted octanol–water partition coefficient (Wildman–Crippen LogP) is 1.91. The van der Waals surface area contributed by atoms with Crippen molar-refractivity contribution < 1.29 is 4.79 Å². The molecule has 0 aromatic heterocycles. The number of ketones is 1. The number of carbonyl (C=O) groups is 1. The Bertz CT molecular complexity index is 182. The Kier molecular flexibility index (Phi) is 4.18. The highest BCUT2D eigenvalue weighted by molar-refractivity contribution is 5.89. The van der Waals surface area contributed by atoms with Gasteiger partial charge in [0.1, 0.15) is 0 Å². The van der Waals surface area contributed by atoms with E-state index in [0.717, 1.165) is 12.1 Å². The number of carbonyl (C=O) groups excluding carboxylic acids is 1. The van der Waals surface area contributed by atoms with Crippen LogP contribution in [0.15, 0.2) is 12.2 Å². The number of hydrogen-bond acceptors (Lipinski definition) is 2. The zero-order valence-electron chi connectivity index (χ0n) is 8.53. The molecule has 0 aliphatic rings. The van der Waals surface area contributed by atoms with E-state index in [-0.39, 0.29) is 5.78 Å². The van der Waals surface area contributed by atoms with E-state index in [1.807, 2.05) is 27.7 Å². The third-order valence-electron chi connectivity index (χ3n) is 1.78. The van der Waals surface area contributed by atoms with Crippen LogP contribution >= 0.6 is 0 Å². The Morgan fingerprint density at radius 2 is 2.00 bits per heavy atom. The summed E-state index contributed by atoms with van der Waals surface area (Å²) in [6.45, 7) is 12.2. The first-order valence-electron chi connectivity index (χ1n) is 4.33. The van der Waals surface area contributed by atoms with Crippen molar-refractivity contribution in [1.29, 1.82) is 0 Å². The summed E-state index contributed by atoms with van der Waals surface area (Å²) in [4.78, 5) is 11.5. The molecule has 0 saturated carbocycles. The van der Waals surface area contributed by atoms with Crippen LogP contribution in [0.2, 0.25) is 0 Å². The van der Waals surface area contributed by atoms with Gasteiger partial charge in [-0.05, 0) is 27.3 Å². The van der Waals surface area contributed by atoms with Crippen LogP contribution in [0, 0.1) is 0 Å². The third-order valence-corrected chi connectivity index (χ3v) is 1.78. The highest BCUT2D eigenvalue weighted by atomic mass is 16.1. The van der Waals surface area contributed by atoms with Gasteiger partial charge in [-0.1, -0.05) is 19.1 Å². The smallest absolute Gasteiger partial charge is 0.156 e. The minimum Gasteiger partial charge on any atom is -0.306 e. The second-order valence-corrected chi connectivity index (χ2v) is 3.71. The van der Waals surface area contributed by atoms with Gasteiger partial charge >= 0.3 is 0 Å². The summed E-state index contributed by atoms with van der Waals surface area (Å²) in [5.74, 6) is 0.205. The topological polar surface area (TPSA) is 29.1 Å². The Hall–Kier alpha value is -0.630. The first-order valence-corrected chi connectivity index (χ1v) is 4.33. The molecule has 0 bridgehead atoms. The molecule has 70 valence electrons. The van der Waals surface area contributed by atoms with E-state index in [1.165, 1.54) is 0 Å². The molecule has 0 aliphatic heterocycles. The van der Waals surface area contributed by atoms with Crippen molar-refractivity contribution in [2.24, 2.45) is 0 Å². The fourth-order valence-corrected chi connectivity index (χ4v) is 1.04. The Morgan fingerprint density at radius 3 is 2.33 bits per heavy atom. The lowest BCUT2D eigenvalue weighted by atomic mass is 9.94. The average molecular weight is 169 g/mol. The van der Waals surface area contributed by atoms with Crippen LogP contribution in [0.25, 0.3) is 0 Å². The molecule has 0 fully saturated rings. The predicted molar refractivity (Wildman–Crippen MR) is 52.2 cm³/mol. The van der Waals surface area contributed by atoms with Gasteiger partial charge in [0.15, 0.2) is 5.78 Å². The van der Waals surface area contributed by atoms with E-state index < -0.39 is 5.54 Å². The van der Waals surface area contributed by atoms with E-state index in [2.05, 4.69) is 11.9 Å². The lowest BCUT2D eigenvalue weighted by Gasteiger charge is -2.23. The standard InChI is InChI=1S/C10H19NO/c1-6-11-10(4,5)9(12)7-8(2)3/h11H,2,6-7H2,1,3-5H3. The van der Waals surface area contributed by atoms with Crippen LogP contribution < -0.4 is 5.32 Å². The van der Waals surface area contributed by atoms with Gasteiger partial charge in [-0.2, -0.15) is 0 Å². The van der Waals surface area contributed by atoms with Gasteiger partial charge in [0.25, 0.3) is 0 Å². The lowest BCUT2D eigenvalue weighted by molar-refractivity contribution is -0.123. The summed E-state index contributed by atoms with van der Waals surface area (Å²) in [5.41, 5.74) is 0.513. The molecule has 0 saturated heterocycles. The number of allylic oxidation sites excluding steroid dienone is 1. The van der Waals surface area contributed by atoms with Gasteiger partial charge in [-0.25, -0.2) is 0 Å². The van der Waals surface area contributed by atoms with Gasteiger partial charge in [-0.15, -0.1) is 0 Å². The maximum atomic E-state index is 11.5. The summed E-state index contributed by atoms with van der Waals surface area (Å²) in [6.07, 6.45) is 0.472. The highest BCUT2D eigenvalue weighted by Gasteiger charge is 2.25. The maximum Gasteiger partial charge on any atom is 0.156 e. The van der Waals surface area contributed by atoms with Crippen molar-refractivity contribution in [1.82, 2.24) is 5.32 Å². The molecule has 0 aromatic carbocycles. The van der Waals surface area contributed by atoms with E-state index in [4.69, 9.17) is 0 Å². The SMILES string of the molecule is C=C(C)CC(=O)C(C)(C)NCC. The van der Waals surface area contributed by atoms with Crippen molar-refractivity contribution in [3.63, 3.8) is 0 Å². The molecule has 0 aliphatic carbocycles. The van der Waals surface area contributed by atoms with Crippen molar-refractivity contribution in [2.75, 3.05) is 6.54 Å². The summed E-state index contributed by atoms with van der Waals surface area (Å²) >= 11 is 0. The molecule has 0 unspecified atom stereocenters. The number of Topliss-reactive ketones (excluding diaryl/α,β-unsaturated/α-hetero) is 1. The monoisotopic (exact) mass is 169 g/mol. The molecule has 12 heavy (non-hydrogen) atoms. The molecule has 1 N–H and O–H groups in total. The highest BCUT2D eigenvalue weighted by Crippen LogP contribution is 2.10. The van der Waals surface area contributed by atoms with E-state index >= 15 is 0 Å². The fraction of sp³-hybridized carbons (Fsp3) is 0.700. The second-order valence-electron chi connectivity index (χ2n) is 3.71. The van der Waals surface area contributed by atoms with E-state index in [0.29, 0.717) is 6.42 Å². The van der Waals surface area contributed by atoms with Crippen LogP contribution in [0.4, 0.5) is 0 Å². The molecule has 0 radical (unpaired) electrons. The molecule has 0 atom stereocenters. The molecule has 2 heteroatoms. The van der Waals surface area contributed by atoms with Crippen LogP contribution in [0.3, 0.4) is 0 Å². The minimum atomic E-state index is -0.409.